The molecule has 0 radical (unpaired) electrons. The van der Waals surface area contributed by atoms with E-state index in [1.54, 1.807) is 30.3 Å². The van der Waals surface area contributed by atoms with Crippen molar-refractivity contribution in [2.75, 3.05) is 0 Å². The van der Waals surface area contributed by atoms with E-state index in [0.29, 0.717) is 16.3 Å². The predicted molar refractivity (Wildman–Crippen MR) is 122 cm³/mol. The summed E-state index contributed by atoms with van der Waals surface area (Å²) in [6.07, 6.45) is 0.0662. The number of nitrogens with zero attached hydrogens (tertiary/aromatic N) is 1. The molecule has 10 nitrogen and oxygen atoms in total. The first-order valence-electron chi connectivity index (χ1n) is 10.8. The van der Waals surface area contributed by atoms with Crippen molar-refractivity contribution in [3.8, 4) is 11.5 Å². The average Bonchev–Trinajstić information content (AvgIpc) is 3.08. The summed E-state index contributed by atoms with van der Waals surface area (Å²) in [5.41, 5.74) is 0.864. The first-order chi connectivity index (χ1) is 16.8. The van der Waals surface area contributed by atoms with Gasteiger partial charge in [0, 0.05) is 18.5 Å². The second kappa shape index (κ2) is 8.24. The molecule has 0 aliphatic carbocycles. The minimum absolute atomic E-state index is 0.0189. The normalized spacial score (nSPS) is 17.5. The SMILES string of the molecule is O=C1CCC(N2C(=O)c3cccc(CNC(=O)c4cccc5cc(O)c(O)cc45)c3C2=O)C(=O)N1. The average molecular weight is 473 g/mol. The van der Waals surface area contributed by atoms with Crippen LogP contribution in [0.2, 0.25) is 0 Å². The summed E-state index contributed by atoms with van der Waals surface area (Å²) in [4.78, 5) is 63.7. The number of carbonyl (C=O) groups is 5. The molecule has 1 atom stereocenters. The van der Waals surface area contributed by atoms with Crippen LogP contribution in [0.4, 0.5) is 0 Å². The van der Waals surface area contributed by atoms with E-state index in [-0.39, 0.29) is 47.6 Å². The van der Waals surface area contributed by atoms with E-state index in [4.69, 9.17) is 0 Å². The van der Waals surface area contributed by atoms with Gasteiger partial charge < -0.3 is 15.5 Å². The van der Waals surface area contributed by atoms with E-state index in [2.05, 4.69) is 10.6 Å². The van der Waals surface area contributed by atoms with Gasteiger partial charge in [0.25, 0.3) is 17.7 Å². The summed E-state index contributed by atoms with van der Waals surface area (Å²) in [5.74, 6) is -3.60. The third-order valence-corrected chi connectivity index (χ3v) is 6.21. The highest BCUT2D eigenvalue weighted by Crippen LogP contribution is 2.32. The maximum atomic E-state index is 13.2. The van der Waals surface area contributed by atoms with Gasteiger partial charge in [-0.25, -0.2) is 0 Å². The molecule has 0 spiro atoms. The molecule has 1 unspecified atom stereocenters. The Labute approximate surface area is 198 Å². The molecular formula is C25H19N3O7. The van der Waals surface area contributed by atoms with Crippen molar-refractivity contribution in [3.05, 3.63) is 70.8 Å². The molecule has 1 fully saturated rings. The number of imide groups is 2. The Morgan fingerprint density at radius 2 is 1.74 bits per heavy atom. The van der Waals surface area contributed by atoms with Gasteiger partial charge in [-0.2, -0.15) is 0 Å². The summed E-state index contributed by atoms with van der Waals surface area (Å²) in [5, 5.41) is 25.4. The van der Waals surface area contributed by atoms with Gasteiger partial charge in [0.15, 0.2) is 11.5 Å². The molecule has 2 heterocycles. The zero-order chi connectivity index (χ0) is 24.9. The number of benzene rings is 3. The number of phenols is 2. The van der Waals surface area contributed by atoms with Crippen LogP contribution in [0.5, 0.6) is 11.5 Å². The van der Waals surface area contributed by atoms with Gasteiger partial charge in [-0.05, 0) is 47.0 Å². The maximum Gasteiger partial charge on any atom is 0.262 e. The van der Waals surface area contributed by atoms with Gasteiger partial charge in [-0.3, -0.25) is 34.2 Å². The first-order valence-corrected chi connectivity index (χ1v) is 10.8. The van der Waals surface area contributed by atoms with Gasteiger partial charge in [-0.1, -0.05) is 24.3 Å². The van der Waals surface area contributed by atoms with Crippen molar-refractivity contribution in [2.45, 2.75) is 25.4 Å². The lowest BCUT2D eigenvalue weighted by Crippen LogP contribution is -2.54. The Kier molecular flexibility index (Phi) is 5.20. The third kappa shape index (κ3) is 3.65. The lowest BCUT2D eigenvalue weighted by Gasteiger charge is -2.27. The topological polar surface area (TPSA) is 153 Å². The van der Waals surface area contributed by atoms with Crippen LogP contribution < -0.4 is 10.6 Å². The second-order valence-corrected chi connectivity index (χ2v) is 8.34. The lowest BCUT2D eigenvalue weighted by molar-refractivity contribution is -0.136. The van der Waals surface area contributed by atoms with Crippen molar-refractivity contribution in [1.29, 1.82) is 0 Å². The van der Waals surface area contributed by atoms with E-state index in [1.165, 1.54) is 18.2 Å². The van der Waals surface area contributed by atoms with Gasteiger partial charge in [-0.15, -0.1) is 0 Å². The van der Waals surface area contributed by atoms with Crippen molar-refractivity contribution in [3.63, 3.8) is 0 Å². The Hall–Kier alpha value is -4.73. The Balaban J connectivity index is 1.41. The zero-order valence-corrected chi connectivity index (χ0v) is 18.2. The smallest absolute Gasteiger partial charge is 0.262 e. The number of rotatable bonds is 4. The Bertz CT molecular complexity index is 1460. The molecule has 2 aliphatic rings. The van der Waals surface area contributed by atoms with Crippen LogP contribution in [0, 0.1) is 0 Å². The highest BCUT2D eigenvalue weighted by atomic mass is 16.3. The van der Waals surface area contributed by atoms with Crippen LogP contribution in [0.15, 0.2) is 48.5 Å². The fourth-order valence-electron chi connectivity index (χ4n) is 4.50. The van der Waals surface area contributed by atoms with Crippen molar-refractivity contribution >= 4 is 40.3 Å². The standard InChI is InChI=1S/C25H19N3O7/c29-18-9-12-3-1-5-14(16(12)10-19(18)30)22(32)26-11-13-4-2-6-15-21(13)25(35)28(24(15)34)17-7-8-20(31)27-23(17)33/h1-6,9-10,17,29-30H,7-8,11H2,(H,26,32)(H,27,31,33). The van der Waals surface area contributed by atoms with Crippen LogP contribution in [0.25, 0.3) is 10.8 Å². The minimum atomic E-state index is -1.08. The first kappa shape index (κ1) is 22.1. The molecule has 0 aromatic heterocycles. The van der Waals surface area contributed by atoms with Gasteiger partial charge >= 0.3 is 0 Å². The molecule has 176 valence electrons. The summed E-state index contributed by atoms with van der Waals surface area (Å²) in [6.45, 7) is -0.0787. The third-order valence-electron chi connectivity index (χ3n) is 6.21. The fourth-order valence-corrected chi connectivity index (χ4v) is 4.50. The lowest BCUT2D eigenvalue weighted by atomic mass is 10.0. The highest BCUT2D eigenvalue weighted by Gasteiger charge is 2.45. The quantitative estimate of drug-likeness (QED) is 0.331. The number of hydrogen-bond acceptors (Lipinski definition) is 7. The number of hydrogen-bond donors (Lipinski definition) is 4. The van der Waals surface area contributed by atoms with E-state index < -0.39 is 35.6 Å². The van der Waals surface area contributed by atoms with Crippen molar-refractivity contribution in [1.82, 2.24) is 15.5 Å². The number of amides is 5. The zero-order valence-electron chi connectivity index (χ0n) is 18.2. The molecule has 3 aromatic rings. The van der Waals surface area contributed by atoms with E-state index in [1.807, 2.05) is 0 Å². The molecule has 35 heavy (non-hydrogen) atoms. The van der Waals surface area contributed by atoms with Gasteiger partial charge in [0.1, 0.15) is 6.04 Å². The number of carbonyl (C=O) groups excluding carboxylic acids is 5. The molecule has 1 saturated heterocycles. The fraction of sp³-hybridized carbons (Fsp3) is 0.160. The molecule has 0 bridgehead atoms. The van der Waals surface area contributed by atoms with Crippen LogP contribution in [-0.2, 0) is 16.1 Å². The molecule has 5 rings (SSSR count). The van der Waals surface area contributed by atoms with Gasteiger partial charge in [0.05, 0.1) is 11.1 Å². The molecule has 10 heteroatoms. The number of aromatic hydroxyl groups is 2. The number of phenolic OH excluding ortho intramolecular Hbond substituents is 2. The van der Waals surface area contributed by atoms with E-state index in [0.717, 1.165) is 4.90 Å². The number of piperidine rings is 1. The van der Waals surface area contributed by atoms with Crippen LogP contribution in [0.3, 0.4) is 0 Å². The summed E-state index contributed by atoms with van der Waals surface area (Å²) < 4.78 is 0. The van der Waals surface area contributed by atoms with Crippen LogP contribution in [0.1, 0.15) is 49.5 Å². The molecule has 5 amide bonds. The summed E-state index contributed by atoms with van der Waals surface area (Å²) in [6, 6.07) is 11.1. The van der Waals surface area contributed by atoms with Crippen LogP contribution >= 0.6 is 0 Å². The second-order valence-electron chi connectivity index (χ2n) is 8.34. The van der Waals surface area contributed by atoms with Gasteiger partial charge in [0.2, 0.25) is 11.8 Å². The Morgan fingerprint density at radius 1 is 1.00 bits per heavy atom. The molecule has 3 aromatic carbocycles. The summed E-state index contributed by atoms with van der Waals surface area (Å²) in [7, 11) is 0. The molecule has 0 saturated carbocycles. The number of nitrogens with one attached hydrogen (secondary N) is 2. The molecule has 2 aliphatic heterocycles. The number of fused-ring (bicyclic) bond motifs is 2. The minimum Gasteiger partial charge on any atom is -0.504 e. The summed E-state index contributed by atoms with van der Waals surface area (Å²) >= 11 is 0. The van der Waals surface area contributed by atoms with Crippen LogP contribution in [-0.4, -0.2) is 50.7 Å². The predicted octanol–water partition coefficient (Wildman–Crippen LogP) is 1.58. The van der Waals surface area contributed by atoms with E-state index in [9.17, 15) is 34.2 Å². The Morgan fingerprint density at radius 3 is 2.51 bits per heavy atom. The van der Waals surface area contributed by atoms with E-state index >= 15 is 0 Å². The molecule has 4 N–H and O–H groups in total. The molecular weight excluding hydrogens is 454 g/mol. The van der Waals surface area contributed by atoms with Crippen molar-refractivity contribution in [2.24, 2.45) is 0 Å². The highest BCUT2D eigenvalue weighted by molar-refractivity contribution is 6.24. The maximum absolute atomic E-state index is 13.2. The monoisotopic (exact) mass is 473 g/mol. The largest absolute Gasteiger partial charge is 0.504 e. The van der Waals surface area contributed by atoms with Crippen molar-refractivity contribution < 1.29 is 34.2 Å².